The lowest BCUT2D eigenvalue weighted by molar-refractivity contribution is -0.140. The van der Waals surface area contributed by atoms with E-state index in [-0.39, 0.29) is 35.5 Å². The highest BCUT2D eigenvalue weighted by atomic mass is 35.5. The van der Waals surface area contributed by atoms with Crippen LogP contribution in [0.5, 0.6) is 0 Å². The molecule has 0 aliphatic carbocycles. The number of rotatable bonds is 13. The quantitative estimate of drug-likeness (QED) is 0.159. The molecule has 0 aliphatic rings. The van der Waals surface area contributed by atoms with Gasteiger partial charge in [-0.1, -0.05) is 102 Å². The number of nitrogens with zero attached hydrogens (tertiary/aromatic N) is 2. The predicted octanol–water partition coefficient (Wildman–Crippen LogP) is 7.40. The number of nitrogens with one attached hydrogen (secondary N) is 1. The van der Waals surface area contributed by atoms with Gasteiger partial charge in [-0.05, 0) is 61.4 Å². The Kier molecular flexibility index (Phi) is 11.9. The molecule has 1 N–H and O–H groups in total. The van der Waals surface area contributed by atoms with Gasteiger partial charge in [0.25, 0.3) is 10.0 Å². The van der Waals surface area contributed by atoms with Crippen LogP contribution < -0.4 is 9.62 Å². The first kappa shape index (κ1) is 34.3. The molecule has 4 rings (SSSR count). The summed E-state index contributed by atoms with van der Waals surface area (Å²) < 4.78 is 29.1. The number of carbonyl (C=O) groups excluding carboxylic acids is 2. The standard InChI is InChI=1S/C34H34Cl3N3O4S/c1-3-24(2)38-34(42)32(20-25-12-6-4-7-13-25)39(22-29-30(36)18-11-19-31(29)37)33(41)23-40(27-15-10-14-26(35)21-27)45(43,44)28-16-8-5-9-17-28/h4-19,21,24,32H,3,20,22-23H2,1-2H3,(H,38,42). The van der Waals surface area contributed by atoms with Crippen LogP contribution in [0.25, 0.3) is 0 Å². The van der Waals surface area contributed by atoms with Gasteiger partial charge in [0.1, 0.15) is 12.6 Å². The van der Waals surface area contributed by atoms with Crippen LogP contribution in [0, 0.1) is 0 Å². The molecule has 0 saturated heterocycles. The highest BCUT2D eigenvalue weighted by Crippen LogP contribution is 2.30. The minimum Gasteiger partial charge on any atom is -0.352 e. The molecule has 0 heterocycles. The monoisotopic (exact) mass is 685 g/mol. The van der Waals surface area contributed by atoms with Crippen molar-refractivity contribution >= 4 is 62.3 Å². The van der Waals surface area contributed by atoms with Gasteiger partial charge >= 0.3 is 0 Å². The zero-order chi connectivity index (χ0) is 32.6. The van der Waals surface area contributed by atoms with Crippen molar-refractivity contribution in [3.05, 3.63) is 129 Å². The molecule has 0 radical (unpaired) electrons. The van der Waals surface area contributed by atoms with Gasteiger partial charge in [-0.15, -0.1) is 0 Å². The van der Waals surface area contributed by atoms with Gasteiger partial charge in [0.2, 0.25) is 11.8 Å². The van der Waals surface area contributed by atoms with Crippen LogP contribution in [-0.4, -0.2) is 43.8 Å². The Morgan fingerprint density at radius 2 is 1.42 bits per heavy atom. The number of benzene rings is 4. The lowest BCUT2D eigenvalue weighted by Gasteiger charge is -2.34. The SMILES string of the molecule is CCC(C)NC(=O)C(Cc1ccccc1)N(Cc1c(Cl)cccc1Cl)C(=O)CN(c1cccc(Cl)c1)S(=O)(=O)c1ccccc1. The fraction of sp³-hybridized carbons (Fsp3) is 0.235. The molecular formula is C34H34Cl3N3O4S. The van der Waals surface area contributed by atoms with E-state index in [0.29, 0.717) is 27.1 Å². The van der Waals surface area contributed by atoms with Crippen molar-refractivity contribution < 1.29 is 18.0 Å². The van der Waals surface area contributed by atoms with Gasteiger partial charge in [-0.3, -0.25) is 13.9 Å². The number of carbonyl (C=O) groups is 2. The smallest absolute Gasteiger partial charge is 0.264 e. The minimum absolute atomic E-state index is 0.00572. The predicted molar refractivity (Wildman–Crippen MR) is 181 cm³/mol. The lowest BCUT2D eigenvalue weighted by Crippen LogP contribution is -2.54. The molecule has 0 spiro atoms. The van der Waals surface area contributed by atoms with Gasteiger partial charge in [0.15, 0.2) is 0 Å². The second-order valence-corrected chi connectivity index (χ2v) is 13.7. The summed E-state index contributed by atoms with van der Waals surface area (Å²) in [5, 5.41) is 3.91. The van der Waals surface area contributed by atoms with Crippen molar-refractivity contribution in [3.8, 4) is 0 Å². The van der Waals surface area contributed by atoms with Gasteiger partial charge in [-0.2, -0.15) is 0 Å². The van der Waals surface area contributed by atoms with Gasteiger partial charge < -0.3 is 10.2 Å². The van der Waals surface area contributed by atoms with Gasteiger partial charge in [0.05, 0.1) is 10.6 Å². The molecule has 2 atom stereocenters. The van der Waals surface area contributed by atoms with Crippen LogP contribution in [0.1, 0.15) is 31.4 Å². The van der Waals surface area contributed by atoms with Gasteiger partial charge in [-0.25, -0.2) is 8.42 Å². The lowest BCUT2D eigenvalue weighted by atomic mass is 10.0. The second kappa shape index (κ2) is 15.6. The second-order valence-electron chi connectivity index (χ2n) is 10.5. The summed E-state index contributed by atoms with van der Waals surface area (Å²) in [4.78, 5) is 29.8. The van der Waals surface area contributed by atoms with Crippen LogP contribution >= 0.6 is 34.8 Å². The average molecular weight is 687 g/mol. The largest absolute Gasteiger partial charge is 0.352 e. The maximum atomic E-state index is 14.5. The van der Waals surface area contributed by atoms with Crippen molar-refractivity contribution in [2.75, 3.05) is 10.8 Å². The zero-order valence-corrected chi connectivity index (χ0v) is 28.0. The molecule has 45 heavy (non-hydrogen) atoms. The van der Waals surface area contributed by atoms with Crippen LogP contribution in [0.15, 0.2) is 108 Å². The van der Waals surface area contributed by atoms with Crippen molar-refractivity contribution in [3.63, 3.8) is 0 Å². The number of hydrogen-bond acceptors (Lipinski definition) is 4. The fourth-order valence-electron chi connectivity index (χ4n) is 4.73. The summed E-state index contributed by atoms with van der Waals surface area (Å²) in [6, 6.07) is 27.2. The van der Waals surface area contributed by atoms with E-state index in [9.17, 15) is 18.0 Å². The molecule has 0 aromatic heterocycles. The molecule has 236 valence electrons. The first-order valence-electron chi connectivity index (χ1n) is 14.4. The summed E-state index contributed by atoms with van der Waals surface area (Å²) in [6.45, 7) is 3.06. The Hall–Kier alpha value is -3.56. The molecule has 0 fully saturated rings. The van der Waals surface area contributed by atoms with E-state index >= 15 is 0 Å². The molecule has 4 aromatic rings. The minimum atomic E-state index is -4.24. The van der Waals surface area contributed by atoms with Crippen LogP contribution in [0.4, 0.5) is 5.69 Å². The molecule has 4 aromatic carbocycles. The molecule has 7 nitrogen and oxygen atoms in total. The normalized spacial score (nSPS) is 12.6. The third-order valence-corrected chi connectivity index (χ3v) is 10.1. The summed E-state index contributed by atoms with van der Waals surface area (Å²) >= 11 is 19.4. The van der Waals surface area contributed by atoms with Crippen molar-refractivity contribution in [1.29, 1.82) is 0 Å². The van der Waals surface area contributed by atoms with Crippen LogP contribution in [-0.2, 0) is 32.6 Å². The maximum Gasteiger partial charge on any atom is 0.264 e. The Balaban J connectivity index is 1.84. The molecular weight excluding hydrogens is 653 g/mol. The molecule has 11 heteroatoms. The molecule has 0 aliphatic heterocycles. The van der Waals surface area contributed by atoms with Crippen molar-refractivity contribution in [1.82, 2.24) is 10.2 Å². The number of anilines is 1. The maximum absolute atomic E-state index is 14.5. The fourth-order valence-corrected chi connectivity index (χ4v) is 6.86. The Labute approximate surface area is 279 Å². The first-order valence-corrected chi connectivity index (χ1v) is 17.0. The van der Waals surface area contributed by atoms with E-state index in [0.717, 1.165) is 9.87 Å². The highest BCUT2D eigenvalue weighted by Gasteiger charge is 2.35. The number of amides is 2. The van der Waals surface area contributed by atoms with E-state index in [1.54, 1.807) is 54.6 Å². The Morgan fingerprint density at radius 1 is 0.822 bits per heavy atom. The number of halogens is 3. The molecule has 0 saturated carbocycles. The third-order valence-electron chi connectivity index (χ3n) is 7.37. The first-order chi connectivity index (χ1) is 21.5. The summed E-state index contributed by atoms with van der Waals surface area (Å²) in [7, 11) is -4.24. The van der Waals surface area contributed by atoms with E-state index in [2.05, 4.69) is 5.32 Å². The van der Waals surface area contributed by atoms with Crippen LogP contribution in [0.2, 0.25) is 15.1 Å². The van der Waals surface area contributed by atoms with E-state index in [1.807, 2.05) is 44.2 Å². The van der Waals surface area contributed by atoms with Crippen LogP contribution in [0.3, 0.4) is 0 Å². The molecule has 2 unspecified atom stereocenters. The molecule has 2 amide bonds. The molecule has 0 bridgehead atoms. The Morgan fingerprint density at radius 3 is 2.02 bits per heavy atom. The summed E-state index contributed by atoms with van der Waals surface area (Å²) in [6.07, 6.45) is 0.839. The number of hydrogen-bond donors (Lipinski definition) is 1. The van der Waals surface area contributed by atoms with Crippen molar-refractivity contribution in [2.45, 2.75) is 50.2 Å². The average Bonchev–Trinajstić information content (AvgIpc) is 3.03. The summed E-state index contributed by atoms with van der Waals surface area (Å²) in [5.41, 5.74) is 1.44. The third kappa shape index (κ3) is 8.79. The zero-order valence-electron chi connectivity index (χ0n) is 24.9. The highest BCUT2D eigenvalue weighted by molar-refractivity contribution is 7.92. The van der Waals surface area contributed by atoms with E-state index in [1.165, 1.54) is 23.1 Å². The Bertz CT molecular complexity index is 1700. The topological polar surface area (TPSA) is 86.8 Å². The van der Waals surface area contributed by atoms with E-state index in [4.69, 9.17) is 34.8 Å². The number of sulfonamides is 1. The van der Waals surface area contributed by atoms with Gasteiger partial charge in [0, 0.05) is 39.6 Å². The van der Waals surface area contributed by atoms with Crippen molar-refractivity contribution in [2.24, 2.45) is 0 Å². The van der Waals surface area contributed by atoms with E-state index < -0.39 is 28.5 Å². The summed E-state index contributed by atoms with van der Waals surface area (Å²) in [5.74, 6) is -1.02.